The van der Waals surface area contributed by atoms with Gasteiger partial charge < -0.3 is 10.1 Å². The second-order valence-electron chi connectivity index (χ2n) is 5.45. The van der Waals surface area contributed by atoms with E-state index >= 15 is 0 Å². The number of anilines is 1. The smallest absolute Gasteiger partial charge is 0.241 e. The van der Waals surface area contributed by atoms with Crippen LogP contribution in [-0.2, 0) is 21.2 Å². The van der Waals surface area contributed by atoms with Crippen molar-refractivity contribution >= 4 is 15.7 Å². The lowest BCUT2D eigenvalue weighted by Crippen LogP contribution is -2.38. The van der Waals surface area contributed by atoms with Crippen LogP contribution in [0.3, 0.4) is 0 Å². The minimum atomic E-state index is -3.52. The largest absolute Gasteiger partial charge is 0.385 e. The highest BCUT2D eigenvalue weighted by Crippen LogP contribution is 2.31. The molecule has 1 aliphatic rings. The summed E-state index contributed by atoms with van der Waals surface area (Å²) in [5.41, 5.74) is 2.97. The Hall–Kier alpha value is -1.11. The first kappa shape index (κ1) is 16.3. The summed E-state index contributed by atoms with van der Waals surface area (Å²) in [6.45, 7) is 5.22. The molecule has 0 radical (unpaired) electrons. The third-order valence-electron chi connectivity index (χ3n) is 3.86. The summed E-state index contributed by atoms with van der Waals surface area (Å²) in [4.78, 5) is 0.393. The maximum absolute atomic E-state index is 12.7. The fourth-order valence-corrected chi connectivity index (χ4v) is 4.27. The topological polar surface area (TPSA) is 67.4 Å². The monoisotopic (exact) mass is 312 g/mol. The SMILES string of the molecule is CCC(COC)NS(=O)(=O)c1ccc(C)c2c1CCCN2. The lowest BCUT2D eigenvalue weighted by atomic mass is 10.00. The molecular formula is C15H24N2O3S. The number of methoxy groups -OCH3 is 1. The predicted molar refractivity (Wildman–Crippen MR) is 84.3 cm³/mol. The van der Waals surface area contributed by atoms with Crippen LogP contribution in [0, 0.1) is 6.92 Å². The van der Waals surface area contributed by atoms with E-state index in [1.807, 2.05) is 19.9 Å². The number of hydrogen-bond donors (Lipinski definition) is 2. The Morgan fingerprint density at radius 2 is 2.19 bits per heavy atom. The van der Waals surface area contributed by atoms with Crippen LogP contribution < -0.4 is 10.0 Å². The van der Waals surface area contributed by atoms with Crippen LogP contribution in [0.1, 0.15) is 30.9 Å². The van der Waals surface area contributed by atoms with Gasteiger partial charge in [-0.2, -0.15) is 0 Å². The number of aryl methyl sites for hydroxylation is 1. The highest BCUT2D eigenvalue weighted by Gasteiger charge is 2.25. The number of fused-ring (bicyclic) bond motifs is 1. The molecule has 0 fully saturated rings. The molecule has 118 valence electrons. The van der Waals surface area contributed by atoms with Crippen molar-refractivity contribution in [3.05, 3.63) is 23.3 Å². The molecule has 21 heavy (non-hydrogen) atoms. The van der Waals surface area contributed by atoms with E-state index in [2.05, 4.69) is 10.0 Å². The standard InChI is InChI=1S/C15H24N2O3S/c1-4-12(10-20-3)17-21(18,19)14-8-7-11(2)15-13(14)6-5-9-16-15/h7-8,12,16-17H,4-6,9-10H2,1-3H3. The Balaban J connectivity index is 2.36. The lowest BCUT2D eigenvalue weighted by Gasteiger charge is -2.24. The van der Waals surface area contributed by atoms with Crippen LogP contribution >= 0.6 is 0 Å². The maximum Gasteiger partial charge on any atom is 0.241 e. The number of ether oxygens (including phenoxy) is 1. The molecule has 0 aliphatic carbocycles. The predicted octanol–water partition coefficient (Wildman–Crippen LogP) is 2.06. The first-order chi connectivity index (χ1) is 9.99. The van der Waals surface area contributed by atoms with Crippen molar-refractivity contribution in [2.75, 3.05) is 25.6 Å². The molecule has 0 bridgehead atoms. The van der Waals surface area contributed by atoms with Crippen LogP contribution in [0.25, 0.3) is 0 Å². The maximum atomic E-state index is 12.7. The number of hydrogen-bond acceptors (Lipinski definition) is 4. The van der Waals surface area contributed by atoms with Crippen LogP contribution in [0.2, 0.25) is 0 Å². The first-order valence-electron chi connectivity index (χ1n) is 7.37. The van der Waals surface area contributed by atoms with Gasteiger partial charge in [-0.05, 0) is 43.4 Å². The van der Waals surface area contributed by atoms with E-state index < -0.39 is 10.0 Å². The van der Waals surface area contributed by atoms with Gasteiger partial charge in [0.2, 0.25) is 10.0 Å². The molecule has 2 N–H and O–H groups in total. The van der Waals surface area contributed by atoms with Gasteiger partial charge in [0.25, 0.3) is 0 Å². The van der Waals surface area contributed by atoms with Crippen LogP contribution in [-0.4, -0.2) is 34.7 Å². The van der Waals surface area contributed by atoms with E-state index in [9.17, 15) is 8.42 Å². The Bertz CT molecular complexity index is 599. The van der Waals surface area contributed by atoms with E-state index in [4.69, 9.17) is 4.74 Å². The van der Waals surface area contributed by atoms with Gasteiger partial charge in [0.15, 0.2) is 0 Å². The molecule has 1 aromatic carbocycles. The quantitative estimate of drug-likeness (QED) is 0.844. The van der Waals surface area contributed by atoms with Crippen molar-refractivity contribution < 1.29 is 13.2 Å². The molecule has 2 rings (SSSR count). The molecular weight excluding hydrogens is 288 g/mol. The molecule has 0 aromatic heterocycles. The summed E-state index contributed by atoms with van der Waals surface area (Å²) in [7, 11) is -1.94. The third kappa shape index (κ3) is 3.56. The minimum absolute atomic E-state index is 0.200. The average molecular weight is 312 g/mol. The van der Waals surface area contributed by atoms with Gasteiger partial charge in [0.1, 0.15) is 0 Å². The molecule has 1 aliphatic heterocycles. The zero-order chi connectivity index (χ0) is 15.5. The number of benzene rings is 1. The van der Waals surface area contributed by atoms with Gasteiger partial charge in [0, 0.05) is 25.4 Å². The van der Waals surface area contributed by atoms with Gasteiger partial charge in [-0.1, -0.05) is 13.0 Å². The van der Waals surface area contributed by atoms with E-state index in [-0.39, 0.29) is 6.04 Å². The van der Waals surface area contributed by atoms with Crippen LogP contribution in [0.5, 0.6) is 0 Å². The molecule has 0 saturated carbocycles. The molecule has 6 heteroatoms. The fourth-order valence-electron chi connectivity index (χ4n) is 2.69. The van der Waals surface area contributed by atoms with E-state index in [0.717, 1.165) is 36.2 Å². The molecule has 1 aromatic rings. The lowest BCUT2D eigenvalue weighted by molar-refractivity contribution is 0.173. The zero-order valence-corrected chi connectivity index (χ0v) is 13.7. The van der Waals surface area contributed by atoms with Gasteiger partial charge in [0.05, 0.1) is 11.5 Å². The molecule has 1 unspecified atom stereocenters. The third-order valence-corrected chi connectivity index (χ3v) is 5.46. The number of sulfonamides is 1. The van der Waals surface area contributed by atoms with E-state index in [0.29, 0.717) is 17.9 Å². The van der Waals surface area contributed by atoms with Gasteiger partial charge in [-0.15, -0.1) is 0 Å². The Kier molecular flexibility index (Phi) is 5.24. The van der Waals surface area contributed by atoms with Gasteiger partial charge in [-0.25, -0.2) is 13.1 Å². The summed E-state index contributed by atoms with van der Waals surface area (Å²) < 4.78 is 33.1. The summed E-state index contributed by atoms with van der Waals surface area (Å²) in [5.74, 6) is 0. The first-order valence-corrected chi connectivity index (χ1v) is 8.85. The van der Waals surface area contributed by atoms with Crippen molar-refractivity contribution in [3.8, 4) is 0 Å². The second kappa shape index (κ2) is 6.77. The Labute approximate surface area is 127 Å². The van der Waals surface area contributed by atoms with E-state index in [1.165, 1.54) is 0 Å². The number of nitrogens with one attached hydrogen (secondary N) is 2. The summed E-state index contributed by atoms with van der Waals surface area (Å²) in [5, 5.41) is 3.32. The van der Waals surface area contributed by atoms with Crippen molar-refractivity contribution in [1.82, 2.24) is 4.72 Å². The van der Waals surface area contributed by atoms with Gasteiger partial charge in [-0.3, -0.25) is 0 Å². The van der Waals surface area contributed by atoms with Crippen molar-refractivity contribution in [1.29, 1.82) is 0 Å². The van der Waals surface area contributed by atoms with Crippen LogP contribution in [0.15, 0.2) is 17.0 Å². The molecule has 0 amide bonds. The fraction of sp³-hybridized carbons (Fsp3) is 0.600. The molecule has 0 saturated heterocycles. The van der Waals surface area contributed by atoms with Gasteiger partial charge >= 0.3 is 0 Å². The van der Waals surface area contributed by atoms with Crippen molar-refractivity contribution in [2.24, 2.45) is 0 Å². The summed E-state index contributed by atoms with van der Waals surface area (Å²) in [6.07, 6.45) is 2.44. The van der Waals surface area contributed by atoms with E-state index in [1.54, 1.807) is 13.2 Å². The average Bonchev–Trinajstić information content (AvgIpc) is 2.47. The van der Waals surface area contributed by atoms with Crippen molar-refractivity contribution in [3.63, 3.8) is 0 Å². The molecule has 0 spiro atoms. The highest BCUT2D eigenvalue weighted by molar-refractivity contribution is 7.89. The molecule has 1 atom stereocenters. The summed E-state index contributed by atoms with van der Waals surface area (Å²) in [6, 6.07) is 3.37. The number of rotatable bonds is 6. The molecule has 1 heterocycles. The van der Waals surface area contributed by atoms with Crippen molar-refractivity contribution in [2.45, 2.75) is 44.0 Å². The second-order valence-corrected chi connectivity index (χ2v) is 7.13. The highest BCUT2D eigenvalue weighted by atomic mass is 32.2. The summed E-state index contributed by atoms with van der Waals surface area (Å²) >= 11 is 0. The Morgan fingerprint density at radius 3 is 2.86 bits per heavy atom. The Morgan fingerprint density at radius 1 is 1.43 bits per heavy atom. The van der Waals surface area contributed by atoms with Crippen LogP contribution in [0.4, 0.5) is 5.69 Å². The zero-order valence-electron chi connectivity index (χ0n) is 12.9. The normalized spacial score (nSPS) is 16.1. The minimum Gasteiger partial charge on any atom is -0.385 e. The molecule has 5 nitrogen and oxygen atoms in total.